The highest BCUT2D eigenvalue weighted by molar-refractivity contribution is 7.98. The fourth-order valence-electron chi connectivity index (χ4n) is 1.41. The molecule has 0 aliphatic heterocycles. The van der Waals surface area contributed by atoms with Crippen LogP contribution >= 0.6 is 11.8 Å². The second-order valence-corrected chi connectivity index (χ2v) is 4.79. The molecule has 0 bridgehead atoms. The summed E-state index contributed by atoms with van der Waals surface area (Å²) in [4.78, 5) is 10.5. The summed E-state index contributed by atoms with van der Waals surface area (Å²) in [7, 11) is 1.64. The number of aryl methyl sites for hydroxylation is 1. The molecule has 0 amide bonds. The average Bonchev–Trinajstić information content (AvgIpc) is 2.29. The van der Waals surface area contributed by atoms with E-state index >= 15 is 0 Å². The summed E-state index contributed by atoms with van der Waals surface area (Å²) >= 11 is 1.52. The maximum absolute atomic E-state index is 10.5. The first-order valence-electron chi connectivity index (χ1n) is 5.24. The van der Waals surface area contributed by atoms with Crippen LogP contribution in [0.3, 0.4) is 0 Å². The van der Waals surface area contributed by atoms with E-state index < -0.39 is 12.0 Å². The summed E-state index contributed by atoms with van der Waals surface area (Å²) in [6.07, 6.45) is 0. The first-order chi connectivity index (χ1) is 8.04. The average molecular weight is 255 g/mol. The predicted octanol–water partition coefficient (Wildman–Crippen LogP) is 1.65. The number of carboxylic acids is 1. The fraction of sp³-hybridized carbons (Fsp3) is 0.417. The Labute approximate surface area is 105 Å². The lowest BCUT2D eigenvalue weighted by Gasteiger charge is -2.08. The summed E-state index contributed by atoms with van der Waals surface area (Å²) in [6.45, 7) is 1.98. The molecular formula is C12H17NO3S. The van der Waals surface area contributed by atoms with E-state index in [2.05, 4.69) is 0 Å². The highest BCUT2D eigenvalue weighted by atomic mass is 32.2. The van der Waals surface area contributed by atoms with Crippen LogP contribution in [0.5, 0.6) is 5.75 Å². The van der Waals surface area contributed by atoms with Crippen LogP contribution < -0.4 is 10.5 Å². The minimum Gasteiger partial charge on any atom is -0.496 e. The summed E-state index contributed by atoms with van der Waals surface area (Å²) in [5.41, 5.74) is 7.64. The molecule has 17 heavy (non-hydrogen) atoms. The van der Waals surface area contributed by atoms with Gasteiger partial charge in [-0.25, -0.2) is 0 Å². The fourth-order valence-corrected chi connectivity index (χ4v) is 2.33. The number of hydrogen-bond donors (Lipinski definition) is 2. The van der Waals surface area contributed by atoms with Crippen LogP contribution in [0.4, 0.5) is 0 Å². The Hall–Kier alpha value is -1.20. The highest BCUT2D eigenvalue weighted by Gasteiger charge is 2.10. The topological polar surface area (TPSA) is 72.5 Å². The van der Waals surface area contributed by atoms with Gasteiger partial charge in [-0.05, 0) is 24.1 Å². The summed E-state index contributed by atoms with van der Waals surface area (Å²) in [6, 6.07) is 5.14. The first-order valence-corrected chi connectivity index (χ1v) is 6.39. The number of rotatable bonds is 6. The minimum atomic E-state index is -0.955. The van der Waals surface area contributed by atoms with Gasteiger partial charge in [0, 0.05) is 11.5 Å². The number of methoxy groups -OCH3 is 1. The van der Waals surface area contributed by atoms with Crippen LogP contribution in [0.1, 0.15) is 11.1 Å². The van der Waals surface area contributed by atoms with E-state index in [9.17, 15) is 4.79 Å². The van der Waals surface area contributed by atoms with Gasteiger partial charge >= 0.3 is 5.97 Å². The molecule has 1 unspecified atom stereocenters. The molecule has 5 heteroatoms. The first kappa shape index (κ1) is 13.9. The van der Waals surface area contributed by atoms with Crippen LogP contribution in [-0.4, -0.2) is 30.0 Å². The van der Waals surface area contributed by atoms with Crippen LogP contribution in [0.2, 0.25) is 0 Å². The van der Waals surface area contributed by atoms with E-state index in [4.69, 9.17) is 15.6 Å². The van der Waals surface area contributed by atoms with Gasteiger partial charge in [-0.3, -0.25) is 4.79 Å². The van der Waals surface area contributed by atoms with E-state index in [0.29, 0.717) is 5.75 Å². The zero-order valence-corrected chi connectivity index (χ0v) is 10.8. The van der Waals surface area contributed by atoms with Gasteiger partial charge < -0.3 is 15.6 Å². The molecule has 1 aromatic rings. The summed E-state index contributed by atoms with van der Waals surface area (Å²) in [5, 5.41) is 8.64. The smallest absolute Gasteiger partial charge is 0.321 e. The number of aliphatic carboxylic acids is 1. The molecule has 94 valence electrons. The van der Waals surface area contributed by atoms with Crippen LogP contribution in [0.25, 0.3) is 0 Å². The quantitative estimate of drug-likeness (QED) is 0.808. The van der Waals surface area contributed by atoms with Crippen molar-refractivity contribution >= 4 is 17.7 Å². The Morgan fingerprint density at radius 3 is 2.82 bits per heavy atom. The molecule has 1 atom stereocenters. The zero-order chi connectivity index (χ0) is 12.8. The van der Waals surface area contributed by atoms with Crippen molar-refractivity contribution in [3.05, 3.63) is 29.3 Å². The Bertz CT molecular complexity index is 395. The lowest BCUT2D eigenvalue weighted by Crippen LogP contribution is -2.32. The van der Waals surface area contributed by atoms with Crippen molar-refractivity contribution in [2.75, 3.05) is 12.9 Å². The monoisotopic (exact) mass is 255 g/mol. The Morgan fingerprint density at radius 1 is 1.59 bits per heavy atom. The van der Waals surface area contributed by atoms with Crippen molar-refractivity contribution in [3.63, 3.8) is 0 Å². The number of nitrogens with two attached hydrogens (primary N) is 1. The molecule has 0 radical (unpaired) electrons. The van der Waals surface area contributed by atoms with Crippen molar-refractivity contribution in [3.8, 4) is 5.75 Å². The van der Waals surface area contributed by atoms with Gasteiger partial charge in [0.15, 0.2) is 0 Å². The Balaban J connectivity index is 2.47. The van der Waals surface area contributed by atoms with Gasteiger partial charge in [0.1, 0.15) is 11.8 Å². The van der Waals surface area contributed by atoms with Gasteiger partial charge in [0.05, 0.1) is 7.11 Å². The normalized spacial score (nSPS) is 12.2. The van der Waals surface area contributed by atoms with Crippen molar-refractivity contribution in [1.82, 2.24) is 0 Å². The van der Waals surface area contributed by atoms with E-state index in [-0.39, 0.29) is 0 Å². The lowest BCUT2D eigenvalue weighted by atomic mass is 10.1. The number of carboxylic acid groups (broad SMARTS) is 1. The third-order valence-electron chi connectivity index (χ3n) is 2.34. The van der Waals surface area contributed by atoms with E-state index in [1.165, 1.54) is 11.8 Å². The molecule has 1 rings (SSSR count). The summed E-state index contributed by atoms with van der Waals surface area (Å²) in [5.74, 6) is 1.08. The van der Waals surface area contributed by atoms with Gasteiger partial charge in [0.25, 0.3) is 0 Å². The molecule has 0 saturated heterocycles. The highest BCUT2D eigenvalue weighted by Crippen LogP contribution is 2.21. The standard InChI is InChI=1S/C12H17NO3S/c1-8-5-9(3-4-11(8)16-2)6-17-7-10(13)12(14)15/h3-5,10H,6-7,13H2,1-2H3,(H,14,15). The van der Waals surface area contributed by atoms with Crippen molar-refractivity contribution < 1.29 is 14.6 Å². The molecule has 0 spiro atoms. The number of thioether (sulfide) groups is 1. The van der Waals surface area contributed by atoms with E-state index in [1.807, 2.05) is 25.1 Å². The maximum Gasteiger partial charge on any atom is 0.321 e. The Morgan fingerprint density at radius 2 is 2.29 bits per heavy atom. The molecule has 0 saturated carbocycles. The van der Waals surface area contributed by atoms with Crippen LogP contribution in [0.15, 0.2) is 18.2 Å². The third-order valence-corrected chi connectivity index (χ3v) is 3.47. The number of hydrogen-bond acceptors (Lipinski definition) is 4. The van der Waals surface area contributed by atoms with Gasteiger partial charge in [-0.15, -0.1) is 0 Å². The molecule has 1 aromatic carbocycles. The molecule has 0 aliphatic rings. The molecule has 0 aromatic heterocycles. The minimum absolute atomic E-state index is 0.417. The second kappa shape index (κ2) is 6.51. The number of carbonyl (C=O) groups is 1. The largest absolute Gasteiger partial charge is 0.496 e. The third kappa shape index (κ3) is 4.28. The molecule has 4 nitrogen and oxygen atoms in total. The Kier molecular flexibility index (Phi) is 5.31. The van der Waals surface area contributed by atoms with E-state index in [0.717, 1.165) is 22.6 Å². The van der Waals surface area contributed by atoms with Crippen LogP contribution in [0, 0.1) is 6.92 Å². The molecule has 0 fully saturated rings. The molecule has 3 N–H and O–H groups in total. The second-order valence-electron chi connectivity index (χ2n) is 3.76. The SMILES string of the molecule is COc1ccc(CSCC(N)C(=O)O)cc1C. The van der Waals surface area contributed by atoms with Gasteiger partial charge in [-0.1, -0.05) is 12.1 Å². The lowest BCUT2D eigenvalue weighted by molar-refractivity contribution is -0.137. The predicted molar refractivity (Wildman–Crippen MR) is 69.5 cm³/mol. The zero-order valence-electron chi connectivity index (χ0n) is 9.97. The van der Waals surface area contributed by atoms with E-state index in [1.54, 1.807) is 7.11 Å². The molecule has 0 heterocycles. The van der Waals surface area contributed by atoms with Crippen molar-refractivity contribution in [1.29, 1.82) is 0 Å². The maximum atomic E-state index is 10.5. The van der Waals surface area contributed by atoms with Crippen molar-refractivity contribution in [2.45, 2.75) is 18.7 Å². The van der Waals surface area contributed by atoms with Gasteiger partial charge in [0.2, 0.25) is 0 Å². The molecule has 0 aliphatic carbocycles. The summed E-state index contributed by atoms with van der Waals surface area (Å²) < 4.78 is 5.17. The van der Waals surface area contributed by atoms with Crippen molar-refractivity contribution in [2.24, 2.45) is 5.73 Å². The molecular weight excluding hydrogens is 238 g/mol. The van der Waals surface area contributed by atoms with Crippen LogP contribution in [-0.2, 0) is 10.5 Å². The number of benzene rings is 1. The van der Waals surface area contributed by atoms with Gasteiger partial charge in [-0.2, -0.15) is 11.8 Å². The number of ether oxygens (including phenoxy) is 1.